The highest BCUT2D eigenvalue weighted by Gasteiger charge is 2.18. The lowest BCUT2D eigenvalue weighted by Gasteiger charge is -2.08. The third-order valence-electron chi connectivity index (χ3n) is 5.47. The average molecular weight is 591 g/mol. The number of carbonyl (C=O) groups excluding carboxylic acids is 3. The van der Waals surface area contributed by atoms with Crippen LogP contribution in [0.1, 0.15) is 37.4 Å². The lowest BCUT2D eigenvalue weighted by Crippen LogP contribution is -2.00. The van der Waals surface area contributed by atoms with E-state index in [-0.39, 0.29) is 24.0 Å². The first-order valence-corrected chi connectivity index (χ1v) is 12.3. The molecule has 43 heavy (non-hydrogen) atoms. The number of nitrogens with zero attached hydrogens (tertiary/aromatic N) is 2. The van der Waals surface area contributed by atoms with E-state index < -0.39 is 38.6 Å². The molecule has 0 heterocycles. The minimum absolute atomic E-state index is 0.0583. The zero-order chi connectivity index (χ0) is 31.8. The first-order valence-electron chi connectivity index (χ1n) is 12.3. The monoisotopic (exact) mass is 590 g/mol. The van der Waals surface area contributed by atoms with Crippen molar-refractivity contribution in [3.8, 4) is 5.75 Å². The molecule has 12 heteroatoms. The number of benzene rings is 4. The molecule has 4 rings (SSSR count). The summed E-state index contributed by atoms with van der Waals surface area (Å²) >= 11 is 0. The minimum atomic E-state index is -0.881. The molecule has 0 fully saturated rings. The summed E-state index contributed by atoms with van der Waals surface area (Å²) in [6, 6.07) is 21.7. The Morgan fingerprint density at radius 2 is 1.40 bits per heavy atom. The average Bonchev–Trinajstić information content (AvgIpc) is 3.01. The van der Waals surface area contributed by atoms with Crippen molar-refractivity contribution in [1.82, 2.24) is 0 Å². The fourth-order valence-electron chi connectivity index (χ4n) is 3.34. The standard InChI is InChI=1S/C14H10F2O2.C10H10O.C7H4N2O5/c15-12-6-11(8-17)7-13(16)14(12)18-9-10-4-2-1-3-5-10;1-9-5-2-3-6-10(9)7-4-8-11;10-4-5-1-2-6(8(11)12)3-7(5)9(13)14/h1-8H,9H2;2-8H,1H3;1-4H/b;7-4+;. The van der Waals surface area contributed by atoms with Gasteiger partial charge in [-0.1, -0.05) is 60.7 Å². The number of allylic oxidation sites excluding steroid dienone is 1. The van der Waals surface area contributed by atoms with Crippen LogP contribution >= 0.6 is 0 Å². The summed E-state index contributed by atoms with van der Waals surface area (Å²) < 4.78 is 32.0. The van der Waals surface area contributed by atoms with Crippen LogP contribution in [0.25, 0.3) is 6.08 Å². The predicted octanol–water partition coefficient (Wildman–Crippen LogP) is 6.88. The molecule has 0 radical (unpaired) electrons. The van der Waals surface area contributed by atoms with Gasteiger partial charge in [0.25, 0.3) is 11.4 Å². The van der Waals surface area contributed by atoms with Crippen LogP contribution in [0.2, 0.25) is 0 Å². The predicted molar refractivity (Wildman–Crippen MR) is 154 cm³/mol. The molecule has 0 aliphatic carbocycles. The third kappa shape index (κ3) is 10.5. The summed E-state index contributed by atoms with van der Waals surface area (Å²) in [5, 5.41) is 20.6. The maximum Gasteiger partial charge on any atom is 0.286 e. The van der Waals surface area contributed by atoms with Gasteiger partial charge >= 0.3 is 0 Å². The maximum atomic E-state index is 13.5. The van der Waals surface area contributed by atoms with Gasteiger partial charge in [-0.3, -0.25) is 34.6 Å². The number of nitro benzene ring substituents is 2. The summed E-state index contributed by atoms with van der Waals surface area (Å²) in [6.45, 7) is 2.08. The van der Waals surface area contributed by atoms with E-state index in [0.717, 1.165) is 47.7 Å². The molecule has 0 aliphatic heterocycles. The van der Waals surface area contributed by atoms with Crippen LogP contribution in [0.3, 0.4) is 0 Å². The Hall–Kier alpha value is -5.91. The van der Waals surface area contributed by atoms with Gasteiger partial charge in [0.15, 0.2) is 23.7 Å². The van der Waals surface area contributed by atoms with E-state index in [1.165, 1.54) is 11.6 Å². The van der Waals surface area contributed by atoms with Gasteiger partial charge in [0.1, 0.15) is 19.2 Å². The summed E-state index contributed by atoms with van der Waals surface area (Å²) in [7, 11) is 0. The lowest BCUT2D eigenvalue weighted by atomic mass is 10.1. The fourth-order valence-corrected chi connectivity index (χ4v) is 3.34. The van der Waals surface area contributed by atoms with Crippen LogP contribution in [0.4, 0.5) is 20.2 Å². The summed E-state index contributed by atoms with van der Waals surface area (Å²) in [5.41, 5.74) is 1.87. The number of rotatable bonds is 9. The van der Waals surface area contributed by atoms with E-state index in [4.69, 9.17) is 4.74 Å². The number of aryl methyl sites for hydroxylation is 1. The van der Waals surface area contributed by atoms with E-state index >= 15 is 0 Å². The molecule has 0 aromatic heterocycles. The highest BCUT2D eigenvalue weighted by atomic mass is 19.1. The third-order valence-corrected chi connectivity index (χ3v) is 5.47. The van der Waals surface area contributed by atoms with Gasteiger partial charge in [-0.2, -0.15) is 0 Å². The highest BCUT2D eigenvalue weighted by molar-refractivity contribution is 5.82. The van der Waals surface area contributed by atoms with Gasteiger partial charge in [0.05, 0.1) is 21.5 Å². The SMILES string of the molecule is Cc1ccccc1/C=C/C=O.O=Cc1cc(F)c(OCc2ccccc2)c(F)c1.O=Cc1ccc([N+](=O)[O-])cc1[N+](=O)[O-]. The van der Waals surface area contributed by atoms with Crippen LogP contribution in [-0.4, -0.2) is 28.7 Å². The zero-order valence-electron chi connectivity index (χ0n) is 22.6. The van der Waals surface area contributed by atoms with Crippen molar-refractivity contribution in [1.29, 1.82) is 0 Å². The van der Waals surface area contributed by atoms with Crippen molar-refractivity contribution >= 4 is 36.3 Å². The molecule has 0 amide bonds. The van der Waals surface area contributed by atoms with Gasteiger partial charge in [-0.25, -0.2) is 8.78 Å². The summed E-state index contributed by atoms with van der Waals surface area (Å²) in [5.74, 6) is -2.23. The fraction of sp³-hybridized carbons (Fsp3) is 0.0645. The van der Waals surface area contributed by atoms with Crippen LogP contribution in [0, 0.1) is 38.8 Å². The van der Waals surface area contributed by atoms with E-state index in [2.05, 4.69) is 0 Å². The molecule has 4 aromatic rings. The molecular weight excluding hydrogens is 566 g/mol. The van der Waals surface area contributed by atoms with E-state index in [9.17, 15) is 43.4 Å². The number of nitro groups is 2. The van der Waals surface area contributed by atoms with Crippen molar-refractivity contribution in [2.45, 2.75) is 13.5 Å². The maximum absolute atomic E-state index is 13.5. The van der Waals surface area contributed by atoms with E-state index in [1.807, 2.05) is 43.3 Å². The number of aldehydes is 3. The molecule has 0 saturated heterocycles. The topological polar surface area (TPSA) is 147 Å². The van der Waals surface area contributed by atoms with E-state index in [1.54, 1.807) is 24.3 Å². The first kappa shape index (κ1) is 33.3. The second-order valence-corrected chi connectivity index (χ2v) is 8.43. The molecule has 4 aromatic carbocycles. The van der Waals surface area contributed by atoms with Crippen LogP contribution in [0.5, 0.6) is 5.75 Å². The summed E-state index contributed by atoms with van der Waals surface area (Å²) in [4.78, 5) is 49.8. The van der Waals surface area contributed by atoms with Crippen molar-refractivity contribution < 1.29 is 37.7 Å². The largest absolute Gasteiger partial charge is 0.483 e. The molecule has 0 atom stereocenters. The molecule has 10 nitrogen and oxygen atoms in total. The van der Waals surface area contributed by atoms with Crippen molar-refractivity contribution in [3.05, 3.63) is 151 Å². The Morgan fingerprint density at radius 1 is 0.767 bits per heavy atom. The molecule has 0 aliphatic rings. The van der Waals surface area contributed by atoms with Crippen molar-refractivity contribution in [2.75, 3.05) is 0 Å². The Balaban J connectivity index is 0.000000233. The first-order chi connectivity index (χ1) is 20.6. The van der Waals surface area contributed by atoms with Crippen LogP contribution in [0.15, 0.2) is 91.0 Å². The molecule has 0 spiro atoms. The molecule has 0 saturated carbocycles. The summed E-state index contributed by atoms with van der Waals surface area (Å²) in [6.07, 6.45) is 4.76. The second kappa shape index (κ2) is 17.0. The molecular formula is C31H24F2N2O8. The number of hydrogen-bond donors (Lipinski definition) is 0. The number of carbonyl (C=O) groups is 3. The Morgan fingerprint density at radius 3 is 1.93 bits per heavy atom. The quantitative estimate of drug-likeness (QED) is 0.0887. The van der Waals surface area contributed by atoms with E-state index in [0.29, 0.717) is 6.29 Å². The molecule has 0 bridgehead atoms. The Bertz CT molecular complexity index is 1600. The van der Waals surface area contributed by atoms with Crippen molar-refractivity contribution in [3.63, 3.8) is 0 Å². The van der Waals surface area contributed by atoms with Gasteiger partial charge < -0.3 is 4.74 Å². The smallest absolute Gasteiger partial charge is 0.286 e. The lowest BCUT2D eigenvalue weighted by molar-refractivity contribution is -0.394. The van der Waals surface area contributed by atoms with Crippen LogP contribution < -0.4 is 4.74 Å². The number of ether oxygens (including phenoxy) is 1. The minimum Gasteiger partial charge on any atom is -0.483 e. The van der Waals surface area contributed by atoms with Gasteiger partial charge in [0, 0.05) is 11.6 Å². The molecule has 0 unspecified atom stereocenters. The Labute approximate surface area is 244 Å². The highest BCUT2D eigenvalue weighted by Crippen LogP contribution is 2.24. The number of non-ortho nitro benzene ring substituents is 1. The van der Waals surface area contributed by atoms with Crippen LogP contribution in [-0.2, 0) is 11.4 Å². The van der Waals surface area contributed by atoms with Gasteiger partial charge in [-0.05, 0) is 47.9 Å². The molecule has 220 valence electrons. The molecule has 0 N–H and O–H groups in total. The number of halogens is 2. The van der Waals surface area contributed by atoms with Gasteiger partial charge in [-0.15, -0.1) is 0 Å². The van der Waals surface area contributed by atoms with Gasteiger partial charge in [0.2, 0.25) is 0 Å². The second-order valence-electron chi connectivity index (χ2n) is 8.43. The Kier molecular flexibility index (Phi) is 13.2. The normalized spacial score (nSPS) is 9.93. The number of hydrogen-bond acceptors (Lipinski definition) is 8. The zero-order valence-corrected chi connectivity index (χ0v) is 22.6. The van der Waals surface area contributed by atoms with Crippen molar-refractivity contribution in [2.24, 2.45) is 0 Å².